The fraction of sp³-hybridized carbons (Fsp3) is 0.214. The number of benzene rings is 1. The predicted octanol–water partition coefficient (Wildman–Crippen LogP) is 3.67. The van der Waals surface area contributed by atoms with Crippen LogP contribution in [-0.4, -0.2) is 33.2 Å². The van der Waals surface area contributed by atoms with Crippen LogP contribution in [0.15, 0.2) is 24.5 Å². The van der Waals surface area contributed by atoms with Crippen molar-refractivity contribution in [2.45, 2.75) is 6.36 Å². The second-order valence-corrected chi connectivity index (χ2v) is 5.30. The third-order valence-corrected chi connectivity index (χ3v) is 3.49. The summed E-state index contributed by atoms with van der Waals surface area (Å²) >= 11 is 5.86. The average Bonchev–Trinajstić information content (AvgIpc) is 2.90. The predicted molar refractivity (Wildman–Crippen MR) is 84.3 cm³/mol. The van der Waals surface area contributed by atoms with Gasteiger partial charge in [0.15, 0.2) is 11.4 Å². The summed E-state index contributed by atoms with van der Waals surface area (Å²) in [7, 11) is 3.02. The molecule has 0 radical (unpaired) electrons. The summed E-state index contributed by atoms with van der Waals surface area (Å²) in [4.78, 5) is 8.40. The number of aromatic nitrogens is 4. The van der Waals surface area contributed by atoms with Crippen molar-refractivity contribution in [3.63, 3.8) is 0 Å². The van der Waals surface area contributed by atoms with Gasteiger partial charge in [-0.1, -0.05) is 11.6 Å². The Morgan fingerprint density at radius 1 is 1.20 bits per heavy atom. The van der Waals surface area contributed by atoms with Gasteiger partial charge in [-0.15, -0.1) is 13.2 Å². The van der Waals surface area contributed by atoms with E-state index in [1.54, 1.807) is 24.1 Å². The number of hydrogen-bond acceptors (Lipinski definition) is 6. The Labute approximate surface area is 144 Å². The summed E-state index contributed by atoms with van der Waals surface area (Å²) in [5.41, 5.74) is 0.864. The number of aryl methyl sites for hydroxylation is 1. The molecule has 0 aliphatic rings. The highest BCUT2D eigenvalue weighted by Gasteiger charge is 2.32. The number of methoxy groups -OCH3 is 1. The highest BCUT2D eigenvalue weighted by atomic mass is 35.5. The molecule has 3 aromatic rings. The minimum atomic E-state index is -4.86. The molecule has 0 aliphatic heterocycles. The zero-order chi connectivity index (χ0) is 18.2. The normalized spacial score (nSPS) is 11.6. The van der Waals surface area contributed by atoms with Crippen molar-refractivity contribution in [1.82, 2.24) is 19.7 Å². The van der Waals surface area contributed by atoms with Crippen molar-refractivity contribution in [2.75, 3.05) is 12.4 Å². The van der Waals surface area contributed by atoms with Crippen molar-refractivity contribution in [3.8, 4) is 11.5 Å². The minimum Gasteiger partial charge on any atom is -0.494 e. The molecule has 0 saturated heterocycles. The van der Waals surface area contributed by atoms with Gasteiger partial charge >= 0.3 is 6.36 Å². The fourth-order valence-corrected chi connectivity index (χ4v) is 2.32. The van der Waals surface area contributed by atoms with Gasteiger partial charge < -0.3 is 14.8 Å². The molecule has 0 aliphatic carbocycles. The van der Waals surface area contributed by atoms with E-state index >= 15 is 0 Å². The zero-order valence-corrected chi connectivity index (χ0v) is 13.7. The number of anilines is 2. The van der Waals surface area contributed by atoms with Gasteiger partial charge in [0, 0.05) is 19.3 Å². The molecule has 0 spiro atoms. The van der Waals surface area contributed by atoms with Crippen LogP contribution in [-0.2, 0) is 7.05 Å². The molecule has 7 nitrogen and oxygen atoms in total. The van der Waals surface area contributed by atoms with Crippen LogP contribution in [0.1, 0.15) is 0 Å². The van der Waals surface area contributed by atoms with Gasteiger partial charge in [-0.25, -0.2) is 4.98 Å². The van der Waals surface area contributed by atoms with E-state index in [0.29, 0.717) is 5.65 Å². The zero-order valence-electron chi connectivity index (χ0n) is 12.9. The van der Waals surface area contributed by atoms with Crippen LogP contribution in [0.2, 0.25) is 5.02 Å². The Kier molecular flexibility index (Phi) is 4.29. The molecule has 0 amide bonds. The van der Waals surface area contributed by atoms with Gasteiger partial charge in [-0.05, 0) is 6.07 Å². The summed E-state index contributed by atoms with van der Waals surface area (Å²) in [5, 5.41) is 7.40. The van der Waals surface area contributed by atoms with Crippen LogP contribution in [0.5, 0.6) is 11.5 Å². The van der Waals surface area contributed by atoms with E-state index in [-0.39, 0.29) is 22.4 Å². The summed E-state index contributed by atoms with van der Waals surface area (Å²) in [6.07, 6.45) is -1.69. The molecule has 132 valence electrons. The quantitative estimate of drug-likeness (QED) is 0.752. The molecule has 0 saturated carbocycles. The molecule has 0 bridgehead atoms. The van der Waals surface area contributed by atoms with Gasteiger partial charge in [0.25, 0.3) is 0 Å². The Morgan fingerprint density at radius 3 is 2.64 bits per heavy atom. The number of fused-ring (bicyclic) bond motifs is 1. The first-order valence-electron chi connectivity index (χ1n) is 6.82. The van der Waals surface area contributed by atoms with Crippen LogP contribution in [0.3, 0.4) is 0 Å². The number of hydrogen-bond donors (Lipinski definition) is 1. The van der Waals surface area contributed by atoms with Crippen molar-refractivity contribution in [1.29, 1.82) is 0 Å². The molecule has 1 aromatic carbocycles. The lowest BCUT2D eigenvalue weighted by atomic mass is 10.2. The van der Waals surface area contributed by atoms with E-state index in [0.717, 1.165) is 11.5 Å². The van der Waals surface area contributed by atoms with E-state index in [1.807, 2.05) is 0 Å². The first kappa shape index (κ1) is 17.1. The second-order valence-electron chi connectivity index (χ2n) is 4.90. The molecule has 2 aromatic heterocycles. The van der Waals surface area contributed by atoms with Crippen LogP contribution < -0.4 is 14.8 Å². The average molecular weight is 374 g/mol. The maximum absolute atomic E-state index is 12.4. The van der Waals surface area contributed by atoms with Crippen molar-refractivity contribution < 1.29 is 22.6 Å². The number of alkyl halides is 3. The molecule has 11 heteroatoms. The number of nitrogens with one attached hydrogen (secondary N) is 1. The monoisotopic (exact) mass is 373 g/mol. The van der Waals surface area contributed by atoms with Crippen LogP contribution in [0, 0.1) is 0 Å². The molecular formula is C14H11ClF3N5O2. The molecule has 1 N–H and O–H groups in total. The maximum Gasteiger partial charge on any atom is 0.573 e. The third kappa shape index (κ3) is 3.68. The molecule has 25 heavy (non-hydrogen) atoms. The minimum absolute atomic E-state index is 0.0809. The Balaban J connectivity index is 1.95. The van der Waals surface area contributed by atoms with Crippen LogP contribution in [0.25, 0.3) is 11.0 Å². The molecule has 0 fully saturated rings. The van der Waals surface area contributed by atoms with Crippen molar-refractivity contribution in [3.05, 3.63) is 29.5 Å². The standard InChI is InChI=1S/C14H11ClF3N5O2/c1-23-12-7(6-20-23)5-19-13(22-12)21-9-3-8(15)10(4-11(9)24-2)25-14(16,17)18/h3-6H,1-2H3,(H,19,21,22). The molecule has 2 heterocycles. The fourth-order valence-electron chi connectivity index (χ4n) is 2.12. The van der Waals surface area contributed by atoms with Crippen molar-refractivity contribution >= 4 is 34.3 Å². The van der Waals surface area contributed by atoms with E-state index in [9.17, 15) is 13.2 Å². The van der Waals surface area contributed by atoms with Gasteiger partial charge in [0.05, 0.1) is 29.4 Å². The number of rotatable bonds is 4. The second kappa shape index (κ2) is 6.28. The molecule has 0 atom stereocenters. The Morgan fingerprint density at radius 2 is 1.96 bits per heavy atom. The SMILES string of the molecule is COc1cc(OC(F)(F)F)c(Cl)cc1Nc1ncc2cnn(C)c2n1. The van der Waals surface area contributed by atoms with Gasteiger partial charge in [0.2, 0.25) is 5.95 Å². The third-order valence-electron chi connectivity index (χ3n) is 3.20. The highest BCUT2D eigenvalue weighted by Crippen LogP contribution is 2.39. The summed E-state index contributed by atoms with van der Waals surface area (Å²) in [5.74, 6) is -0.285. The van der Waals surface area contributed by atoms with Crippen molar-refractivity contribution in [2.24, 2.45) is 7.05 Å². The topological polar surface area (TPSA) is 74.1 Å². The lowest BCUT2D eigenvalue weighted by Gasteiger charge is -2.15. The number of halogens is 4. The van der Waals surface area contributed by atoms with Gasteiger partial charge in [-0.2, -0.15) is 10.1 Å². The molecular weight excluding hydrogens is 363 g/mol. The first-order chi connectivity index (χ1) is 11.8. The molecule has 3 rings (SSSR count). The summed E-state index contributed by atoms with van der Waals surface area (Å²) in [6, 6.07) is 2.26. The van der Waals surface area contributed by atoms with E-state index in [4.69, 9.17) is 16.3 Å². The molecule has 0 unspecified atom stereocenters. The summed E-state index contributed by atoms with van der Waals surface area (Å²) in [6.45, 7) is 0. The largest absolute Gasteiger partial charge is 0.573 e. The maximum atomic E-state index is 12.4. The first-order valence-corrected chi connectivity index (χ1v) is 7.19. The lowest BCUT2D eigenvalue weighted by molar-refractivity contribution is -0.274. The Bertz CT molecular complexity index is 929. The van der Waals surface area contributed by atoms with Crippen LogP contribution >= 0.6 is 11.6 Å². The van der Waals surface area contributed by atoms with Gasteiger partial charge in [0.1, 0.15) is 5.75 Å². The van der Waals surface area contributed by atoms with Gasteiger partial charge in [-0.3, -0.25) is 4.68 Å². The number of nitrogens with zero attached hydrogens (tertiary/aromatic N) is 4. The highest BCUT2D eigenvalue weighted by molar-refractivity contribution is 6.32. The van der Waals surface area contributed by atoms with E-state index in [2.05, 4.69) is 25.1 Å². The van der Waals surface area contributed by atoms with E-state index in [1.165, 1.54) is 13.2 Å². The van der Waals surface area contributed by atoms with Crippen LogP contribution in [0.4, 0.5) is 24.8 Å². The number of ether oxygens (including phenoxy) is 2. The smallest absolute Gasteiger partial charge is 0.494 e. The van der Waals surface area contributed by atoms with E-state index < -0.39 is 12.1 Å². The summed E-state index contributed by atoms with van der Waals surface area (Å²) < 4.78 is 47.7. The Hall–Kier alpha value is -2.75. The lowest BCUT2D eigenvalue weighted by Crippen LogP contribution is -2.17.